The molecule has 2 atom stereocenters. The van der Waals surface area contributed by atoms with E-state index in [-0.39, 0.29) is 5.92 Å². The van der Waals surface area contributed by atoms with Crippen LogP contribution < -0.4 is 4.74 Å². The van der Waals surface area contributed by atoms with Crippen molar-refractivity contribution in [1.82, 2.24) is 5.16 Å². The van der Waals surface area contributed by atoms with Crippen molar-refractivity contribution < 1.29 is 14.4 Å². The molecule has 1 N–H and O–H groups in total. The van der Waals surface area contributed by atoms with Gasteiger partial charge in [0.25, 0.3) is 5.88 Å². The molecule has 0 radical (unpaired) electrons. The van der Waals surface area contributed by atoms with Crippen molar-refractivity contribution >= 4 is 5.57 Å². The van der Waals surface area contributed by atoms with Crippen LogP contribution in [-0.2, 0) is 6.42 Å². The molecular formula is C18H23NO3. The highest BCUT2D eigenvalue weighted by atomic mass is 16.5. The van der Waals surface area contributed by atoms with E-state index in [4.69, 9.17) is 9.26 Å². The number of aliphatic hydroxyl groups is 1. The zero-order chi connectivity index (χ0) is 15.2. The van der Waals surface area contributed by atoms with Crippen LogP contribution in [0.2, 0.25) is 0 Å². The number of ether oxygens (including phenoxy) is 1. The number of hydrogen-bond acceptors (Lipinski definition) is 4. The predicted octanol–water partition coefficient (Wildman–Crippen LogP) is 3.65. The molecule has 1 aromatic heterocycles. The van der Waals surface area contributed by atoms with E-state index in [0.717, 1.165) is 55.4 Å². The van der Waals surface area contributed by atoms with Crippen molar-refractivity contribution in [2.24, 2.45) is 5.92 Å². The third kappa shape index (κ3) is 2.12. The summed E-state index contributed by atoms with van der Waals surface area (Å²) in [5.41, 5.74) is 2.61. The fourth-order valence-corrected chi connectivity index (χ4v) is 3.78. The molecule has 1 fully saturated rings. The molecular weight excluding hydrogens is 278 g/mol. The summed E-state index contributed by atoms with van der Waals surface area (Å²) in [7, 11) is 0. The second-order valence-corrected chi connectivity index (χ2v) is 6.70. The Morgan fingerprint density at radius 1 is 1.41 bits per heavy atom. The average molecular weight is 301 g/mol. The summed E-state index contributed by atoms with van der Waals surface area (Å²) < 4.78 is 11.4. The van der Waals surface area contributed by atoms with Gasteiger partial charge < -0.3 is 14.4 Å². The maximum Gasteiger partial charge on any atom is 0.262 e. The minimum atomic E-state index is -0.762. The van der Waals surface area contributed by atoms with Crippen LogP contribution in [-0.4, -0.2) is 22.5 Å². The van der Waals surface area contributed by atoms with Crippen molar-refractivity contribution in [3.8, 4) is 5.88 Å². The Bertz CT molecular complexity index is 637. The van der Waals surface area contributed by atoms with Gasteiger partial charge in [0.1, 0.15) is 5.76 Å². The lowest BCUT2D eigenvalue weighted by molar-refractivity contribution is 0.0288. The van der Waals surface area contributed by atoms with Gasteiger partial charge in [-0.2, -0.15) is 0 Å². The second kappa shape index (κ2) is 5.27. The Morgan fingerprint density at radius 3 is 3.05 bits per heavy atom. The molecule has 0 saturated heterocycles. The highest BCUT2D eigenvalue weighted by Crippen LogP contribution is 2.55. The molecule has 0 bridgehead atoms. The lowest BCUT2D eigenvalue weighted by Crippen LogP contribution is -2.44. The molecule has 3 aliphatic rings. The Labute approximate surface area is 130 Å². The quantitative estimate of drug-likeness (QED) is 0.681. The number of hydrogen-bond donors (Lipinski definition) is 1. The highest BCUT2D eigenvalue weighted by molar-refractivity contribution is 5.83. The number of unbranched alkanes of at least 4 members (excludes halogenated alkanes) is 1. The minimum absolute atomic E-state index is 0.199. The first-order valence-electron chi connectivity index (χ1n) is 8.45. The summed E-state index contributed by atoms with van der Waals surface area (Å²) in [6.07, 6.45) is 10.9. The summed E-state index contributed by atoms with van der Waals surface area (Å²) in [4.78, 5) is 0. The summed E-state index contributed by atoms with van der Waals surface area (Å²) >= 11 is 0. The van der Waals surface area contributed by atoms with Crippen LogP contribution in [0.3, 0.4) is 0 Å². The van der Waals surface area contributed by atoms with Crippen LogP contribution in [0.15, 0.2) is 22.2 Å². The molecule has 0 amide bonds. The van der Waals surface area contributed by atoms with E-state index in [9.17, 15) is 5.11 Å². The molecule has 3 aliphatic carbocycles. The first-order valence-corrected chi connectivity index (χ1v) is 8.45. The van der Waals surface area contributed by atoms with E-state index < -0.39 is 5.60 Å². The van der Waals surface area contributed by atoms with Gasteiger partial charge in [0, 0.05) is 12.3 Å². The monoisotopic (exact) mass is 301 g/mol. The van der Waals surface area contributed by atoms with Crippen molar-refractivity contribution in [1.29, 1.82) is 0 Å². The van der Waals surface area contributed by atoms with E-state index in [1.807, 2.05) is 0 Å². The molecule has 4 nitrogen and oxygen atoms in total. The largest absolute Gasteiger partial charge is 0.475 e. The molecule has 118 valence electrons. The lowest BCUT2D eigenvalue weighted by atomic mass is 9.66. The van der Waals surface area contributed by atoms with Crippen molar-refractivity contribution in [2.45, 2.75) is 57.5 Å². The smallest absolute Gasteiger partial charge is 0.262 e. The van der Waals surface area contributed by atoms with Gasteiger partial charge in [-0.15, -0.1) is 0 Å². The van der Waals surface area contributed by atoms with Crippen LogP contribution in [0.5, 0.6) is 5.88 Å². The minimum Gasteiger partial charge on any atom is -0.475 e. The van der Waals surface area contributed by atoms with Gasteiger partial charge in [0.15, 0.2) is 0 Å². The topological polar surface area (TPSA) is 55.5 Å². The summed E-state index contributed by atoms with van der Waals surface area (Å²) in [5.74, 6) is 1.68. The van der Waals surface area contributed by atoms with E-state index in [0.29, 0.717) is 18.9 Å². The molecule has 1 aromatic rings. The van der Waals surface area contributed by atoms with Crippen molar-refractivity contribution in [3.63, 3.8) is 0 Å². The van der Waals surface area contributed by atoms with Gasteiger partial charge in [0.05, 0.1) is 17.8 Å². The number of rotatable bonds is 4. The molecule has 4 heteroatoms. The van der Waals surface area contributed by atoms with E-state index in [2.05, 4.69) is 24.2 Å². The number of aromatic nitrogens is 1. The van der Waals surface area contributed by atoms with Crippen LogP contribution in [0.4, 0.5) is 0 Å². The standard InChI is InChI=1S/C18H23NO3/c1-2-3-10-21-17-15-14(22-19-17)11-13-6-4-5-9-18(13,20)16(15)12-7-8-12/h4-5,13,20H,2-3,6-11H2,1H3/t13?,18-/m1/s1. The van der Waals surface area contributed by atoms with Gasteiger partial charge >= 0.3 is 0 Å². The Morgan fingerprint density at radius 2 is 2.27 bits per heavy atom. The molecule has 1 heterocycles. The second-order valence-electron chi connectivity index (χ2n) is 6.70. The van der Waals surface area contributed by atoms with Gasteiger partial charge in [-0.05, 0) is 42.8 Å². The van der Waals surface area contributed by atoms with Crippen molar-refractivity contribution in [3.05, 3.63) is 29.0 Å². The maximum atomic E-state index is 11.4. The predicted molar refractivity (Wildman–Crippen MR) is 83.6 cm³/mol. The molecule has 0 aromatic carbocycles. The maximum absolute atomic E-state index is 11.4. The third-order valence-electron chi connectivity index (χ3n) is 5.13. The first kappa shape index (κ1) is 14.1. The summed E-state index contributed by atoms with van der Waals surface area (Å²) in [6, 6.07) is 0. The Balaban J connectivity index is 1.76. The third-order valence-corrected chi connectivity index (χ3v) is 5.13. The summed E-state index contributed by atoms with van der Waals surface area (Å²) in [6.45, 7) is 2.79. The fraction of sp³-hybridized carbons (Fsp3) is 0.611. The zero-order valence-electron chi connectivity index (χ0n) is 13.1. The van der Waals surface area contributed by atoms with Gasteiger partial charge in [0.2, 0.25) is 0 Å². The number of nitrogens with zero attached hydrogens (tertiary/aromatic N) is 1. The fourth-order valence-electron chi connectivity index (χ4n) is 3.78. The van der Waals surface area contributed by atoms with Crippen LogP contribution in [0.25, 0.3) is 5.57 Å². The molecule has 0 spiro atoms. The normalized spacial score (nSPS) is 29.3. The molecule has 22 heavy (non-hydrogen) atoms. The molecule has 0 aliphatic heterocycles. The Hall–Kier alpha value is -1.55. The Kier molecular flexibility index (Phi) is 3.37. The SMILES string of the molecule is CCCCOc1noc2c1C(=C1CC1)[C@@]1(O)CC=CCC1C2. The van der Waals surface area contributed by atoms with Gasteiger partial charge in [-0.3, -0.25) is 0 Å². The molecule has 1 saturated carbocycles. The summed E-state index contributed by atoms with van der Waals surface area (Å²) in [5, 5.41) is 15.5. The lowest BCUT2D eigenvalue weighted by Gasteiger charge is -2.42. The van der Waals surface area contributed by atoms with Crippen LogP contribution in [0.1, 0.15) is 56.8 Å². The van der Waals surface area contributed by atoms with Gasteiger partial charge in [-0.25, -0.2) is 0 Å². The highest BCUT2D eigenvalue weighted by Gasteiger charge is 2.50. The first-order chi connectivity index (χ1) is 10.7. The van der Waals surface area contributed by atoms with Crippen LogP contribution in [0, 0.1) is 5.92 Å². The van der Waals surface area contributed by atoms with Crippen LogP contribution >= 0.6 is 0 Å². The number of fused-ring (bicyclic) bond motifs is 2. The van der Waals surface area contributed by atoms with E-state index in [1.54, 1.807) is 0 Å². The number of allylic oxidation sites excluding steroid dienone is 2. The molecule has 1 unspecified atom stereocenters. The zero-order valence-corrected chi connectivity index (χ0v) is 13.1. The molecule has 4 rings (SSSR count). The average Bonchev–Trinajstić information content (AvgIpc) is 3.27. The van der Waals surface area contributed by atoms with Crippen molar-refractivity contribution in [2.75, 3.05) is 6.61 Å². The van der Waals surface area contributed by atoms with E-state index >= 15 is 0 Å². The van der Waals surface area contributed by atoms with E-state index in [1.165, 1.54) is 5.57 Å². The van der Waals surface area contributed by atoms with Gasteiger partial charge in [-0.1, -0.05) is 31.1 Å².